The van der Waals surface area contributed by atoms with Crippen molar-refractivity contribution in [3.63, 3.8) is 0 Å². The minimum Gasteiger partial charge on any atom is -0.378 e. The normalized spacial score (nSPS) is 11.2. The lowest BCUT2D eigenvalue weighted by Crippen LogP contribution is -2.16. The SMILES string of the molecule is COCc1nc(-c2cnn(C(C)C)c2)[nH]c(=O)c1I. The van der Waals surface area contributed by atoms with Crippen LogP contribution in [0.4, 0.5) is 0 Å². The van der Waals surface area contributed by atoms with Gasteiger partial charge in [0.1, 0.15) is 9.39 Å². The zero-order valence-electron chi connectivity index (χ0n) is 11.0. The van der Waals surface area contributed by atoms with Crippen LogP contribution in [0.25, 0.3) is 11.4 Å². The molecule has 0 atom stereocenters. The minimum absolute atomic E-state index is 0.157. The first-order chi connectivity index (χ1) is 9.02. The molecular weight excluding hydrogens is 359 g/mol. The number of halogens is 1. The first-order valence-corrected chi connectivity index (χ1v) is 6.93. The third-order valence-corrected chi connectivity index (χ3v) is 3.73. The molecule has 0 fully saturated rings. The standard InChI is InChI=1S/C12H15IN4O2/c1-7(2)17-5-8(4-14-17)11-15-9(6-19-3)10(13)12(18)16-11/h4-5,7H,6H2,1-3H3,(H,15,16,18). The summed E-state index contributed by atoms with van der Waals surface area (Å²) < 4.78 is 7.43. The van der Waals surface area contributed by atoms with Crippen LogP contribution in [-0.4, -0.2) is 26.9 Å². The zero-order chi connectivity index (χ0) is 14.0. The van der Waals surface area contributed by atoms with E-state index in [0.717, 1.165) is 5.56 Å². The summed E-state index contributed by atoms with van der Waals surface area (Å²) in [5, 5.41) is 4.24. The Morgan fingerprint density at radius 1 is 1.53 bits per heavy atom. The number of methoxy groups -OCH3 is 1. The van der Waals surface area contributed by atoms with E-state index in [0.29, 0.717) is 21.7 Å². The van der Waals surface area contributed by atoms with E-state index >= 15 is 0 Å². The van der Waals surface area contributed by atoms with Gasteiger partial charge in [-0.25, -0.2) is 4.98 Å². The van der Waals surface area contributed by atoms with Crippen LogP contribution < -0.4 is 5.56 Å². The van der Waals surface area contributed by atoms with Gasteiger partial charge in [-0.1, -0.05) is 0 Å². The van der Waals surface area contributed by atoms with E-state index in [1.807, 2.05) is 47.3 Å². The average Bonchev–Trinajstić information content (AvgIpc) is 2.84. The van der Waals surface area contributed by atoms with Crippen LogP contribution in [0.5, 0.6) is 0 Å². The van der Waals surface area contributed by atoms with Gasteiger partial charge in [0.05, 0.1) is 24.1 Å². The van der Waals surface area contributed by atoms with E-state index in [9.17, 15) is 4.79 Å². The predicted molar refractivity (Wildman–Crippen MR) is 79.9 cm³/mol. The highest BCUT2D eigenvalue weighted by Crippen LogP contribution is 2.16. The van der Waals surface area contributed by atoms with Crippen LogP contribution in [0.2, 0.25) is 0 Å². The highest BCUT2D eigenvalue weighted by Gasteiger charge is 2.12. The van der Waals surface area contributed by atoms with Crippen molar-refractivity contribution in [1.29, 1.82) is 0 Å². The number of ether oxygens (including phenoxy) is 1. The van der Waals surface area contributed by atoms with Crippen molar-refractivity contribution in [2.24, 2.45) is 0 Å². The maximum atomic E-state index is 11.9. The van der Waals surface area contributed by atoms with Gasteiger partial charge in [0.15, 0.2) is 0 Å². The summed E-state index contributed by atoms with van der Waals surface area (Å²) in [7, 11) is 1.58. The van der Waals surface area contributed by atoms with Crippen LogP contribution in [0, 0.1) is 3.57 Å². The molecule has 2 aromatic rings. The molecule has 0 saturated heterocycles. The fourth-order valence-electron chi connectivity index (χ4n) is 1.62. The summed E-state index contributed by atoms with van der Waals surface area (Å²) in [6, 6.07) is 0.266. The van der Waals surface area contributed by atoms with Crippen molar-refractivity contribution < 1.29 is 4.74 Å². The molecule has 0 aliphatic carbocycles. The molecule has 0 unspecified atom stereocenters. The van der Waals surface area contributed by atoms with Gasteiger partial charge < -0.3 is 9.72 Å². The molecule has 19 heavy (non-hydrogen) atoms. The van der Waals surface area contributed by atoms with Crippen molar-refractivity contribution in [3.8, 4) is 11.4 Å². The molecular formula is C12H15IN4O2. The summed E-state index contributed by atoms with van der Waals surface area (Å²) in [4.78, 5) is 19.0. The first kappa shape index (κ1) is 14.2. The first-order valence-electron chi connectivity index (χ1n) is 5.85. The van der Waals surface area contributed by atoms with E-state index in [-0.39, 0.29) is 11.6 Å². The number of hydrogen-bond acceptors (Lipinski definition) is 4. The van der Waals surface area contributed by atoms with Gasteiger partial charge >= 0.3 is 0 Å². The number of aromatic amines is 1. The topological polar surface area (TPSA) is 72.8 Å². The Bertz CT molecular complexity index is 633. The minimum atomic E-state index is -0.157. The summed E-state index contributed by atoms with van der Waals surface area (Å²) in [6.45, 7) is 4.39. The Morgan fingerprint density at radius 3 is 2.84 bits per heavy atom. The number of nitrogens with one attached hydrogen (secondary N) is 1. The molecule has 0 aliphatic heterocycles. The third-order valence-electron chi connectivity index (χ3n) is 2.62. The van der Waals surface area contributed by atoms with Crippen LogP contribution in [0.15, 0.2) is 17.2 Å². The number of hydrogen-bond donors (Lipinski definition) is 1. The second-order valence-electron chi connectivity index (χ2n) is 4.41. The van der Waals surface area contributed by atoms with E-state index in [4.69, 9.17) is 4.74 Å². The lowest BCUT2D eigenvalue weighted by molar-refractivity contribution is 0.180. The highest BCUT2D eigenvalue weighted by molar-refractivity contribution is 14.1. The van der Waals surface area contributed by atoms with Gasteiger partial charge in [0, 0.05) is 19.3 Å². The van der Waals surface area contributed by atoms with Gasteiger partial charge in [-0.15, -0.1) is 0 Å². The molecule has 7 heteroatoms. The van der Waals surface area contributed by atoms with Crippen LogP contribution in [-0.2, 0) is 11.3 Å². The quantitative estimate of drug-likeness (QED) is 0.831. The van der Waals surface area contributed by atoms with E-state index in [1.165, 1.54) is 0 Å². The van der Waals surface area contributed by atoms with Gasteiger partial charge in [-0.2, -0.15) is 5.10 Å². The highest BCUT2D eigenvalue weighted by atomic mass is 127. The molecule has 2 aromatic heterocycles. The molecule has 2 heterocycles. The summed E-state index contributed by atoms with van der Waals surface area (Å²) in [5.41, 5.74) is 1.27. The fourth-order valence-corrected chi connectivity index (χ4v) is 2.03. The molecule has 2 rings (SSSR count). The molecule has 0 amide bonds. The number of aromatic nitrogens is 4. The van der Waals surface area contributed by atoms with Gasteiger partial charge in [-0.05, 0) is 36.4 Å². The van der Waals surface area contributed by atoms with E-state index < -0.39 is 0 Å². The van der Waals surface area contributed by atoms with Crippen molar-refractivity contribution >= 4 is 22.6 Å². The van der Waals surface area contributed by atoms with E-state index in [2.05, 4.69) is 15.1 Å². The Hall–Kier alpha value is -1.22. The van der Waals surface area contributed by atoms with Crippen molar-refractivity contribution in [3.05, 3.63) is 32.0 Å². The number of H-pyrrole nitrogens is 1. The Balaban J connectivity index is 2.46. The van der Waals surface area contributed by atoms with Crippen molar-refractivity contribution in [2.75, 3.05) is 7.11 Å². The van der Waals surface area contributed by atoms with Crippen molar-refractivity contribution in [2.45, 2.75) is 26.5 Å². The van der Waals surface area contributed by atoms with Crippen LogP contribution in [0.3, 0.4) is 0 Å². The van der Waals surface area contributed by atoms with Gasteiger partial charge in [-0.3, -0.25) is 9.48 Å². The van der Waals surface area contributed by atoms with Crippen molar-refractivity contribution in [1.82, 2.24) is 19.7 Å². The molecule has 0 radical (unpaired) electrons. The number of rotatable bonds is 4. The largest absolute Gasteiger partial charge is 0.378 e. The summed E-state index contributed by atoms with van der Waals surface area (Å²) in [6.07, 6.45) is 3.56. The average molecular weight is 374 g/mol. The molecule has 102 valence electrons. The van der Waals surface area contributed by atoms with Gasteiger partial charge in [0.25, 0.3) is 5.56 Å². The molecule has 6 nitrogen and oxygen atoms in total. The maximum Gasteiger partial charge on any atom is 0.264 e. The second-order valence-corrected chi connectivity index (χ2v) is 5.49. The third kappa shape index (κ3) is 3.03. The summed E-state index contributed by atoms with van der Waals surface area (Å²) >= 11 is 1.97. The molecule has 0 bridgehead atoms. The number of nitrogens with zero attached hydrogens (tertiary/aromatic N) is 3. The zero-order valence-corrected chi connectivity index (χ0v) is 13.1. The fraction of sp³-hybridized carbons (Fsp3) is 0.417. The Morgan fingerprint density at radius 2 is 2.26 bits per heavy atom. The van der Waals surface area contributed by atoms with Crippen LogP contribution in [0.1, 0.15) is 25.6 Å². The summed E-state index contributed by atoms with van der Waals surface area (Å²) in [5.74, 6) is 0.518. The molecule has 0 spiro atoms. The Kier molecular flexibility index (Phi) is 4.35. The molecule has 0 aliphatic rings. The molecule has 0 saturated carbocycles. The smallest absolute Gasteiger partial charge is 0.264 e. The van der Waals surface area contributed by atoms with Crippen LogP contribution >= 0.6 is 22.6 Å². The maximum absolute atomic E-state index is 11.9. The molecule has 0 aromatic carbocycles. The lowest BCUT2D eigenvalue weighted by Gasteiger charge is -2.05. The second kappa shape index (κ2) is 5.83. The lowest BCUT2D eigenvalue weighted by atomic mass is 10.3. The van der Waals surface area contributed by atoms with Gasteiger partial charge in [0.2, 0.25) is 0 Å². The predicted octanol–water partition coefficient (Wildman–Crippen LogP) is 1.97. The monoisotopic (exact) mass is 374 g/mol. The Labute approximate surface area is 124 Å². The van der Waals surface area contributed by atoms with E-state index in [1.54, 1.807) is 13.3 Å². The molecule has 1 N–H and O–H groups in total.